The fraction of sp³-hybridized carbons (Fsp3) is 0.429. The van der Waals surface area contributed by atoms with Gasteiger partial charge >= 0.3 is 5.97 Å². The van der Waals surface area contributed by atoms with E-state index in [2.05, 4.69) is 0 Å². The van der Waals surface area contributed by atoms with Gasteiger partial charge < -0.3 is 14.7 Å². The Morgan fingerprint density at radius 2 is 2.11 bits per heavy atom. The molecule has 0 fully saturated rings. The van der Waals surface area contributed by atoms with E-state index < -0.39 is 12.0 Å². The predicted octanol–water partition coefficient (Wildman–Crippen LogP) is 2.08. The number of rotatable bonds is 8. The molecule has 0 spiro atoms. The van der Waals surface area contributed by atoms with E-state index in [1.54, 1.807) is 24.3 Å². The van der Waals surface area contributed by atoms with Gasteiger partial charge in [0.1, 0.15) is 5.75 Å². The first-order valence-corrected chi connectivity index (χ1v) is 6.31. The molecule has 1 rings (SSSR count). The summed E-state index contributed by atoms with van der Waals surface area (Å²) in [5.74, 6) is -0.562. The lowest BCUT2D eigenvalue weighted by atomic mass is 10.0. The van der Waals surface area contributed by atoms with Gasteiger partial charge in [0.15, 0.2) is 6.04 Å². The van der Waals surface area contributed by atoms with E-state index >= 15 is 0 Å². The van der Waals surface area contributed by atoms with E-state index in [-0.39, 0.29) is 0 Å². The number of amides is 1. The summed E-state index contributed by atoms with van der Waals surface area (Å²) >= 11 is 0. The lowest BCUT2D eigenvalue weighted by Gasteiger charge is -2.26. The van der Waals surface area contributed by atoms with Gasteiger partial charge in [0.05, 0.1) is 6.61 Å². The molecule has 0 radical (unpaired) electrons. The summed E-state index contributed by atoms with van der Waals surface area (Å²) in [5, 5.41) is 9.39. The Kier molecular flexibility index (Phi) is 5.85. The van der Waals surface area contributed by atoms with Crippen LogP contribution in [0.5, 0.6) is 5.75 Å². The molecule has 1 unspecified atom stereocenters. The number of benzene rings is 1. The van der Waals surface area contributed by atoms with Crippen LogP contribution >= 0.6 is 0 Å². The van der Waals surface area contributed by atoms with E-state index in [1.165, 1.54) is 4.90 Å². The second-order valence-electron chi connectivity index (χ2n) is 4.05. The van der Waals surface area contributed by atoms with Crippen molar-refractivity contribution in [2.75, 3.05) is 13.2 Å². The molecule has 0 aliphatic heterocycles. The van der Waals surface area contributed by atoms with E-state index in [0.717, 1.165) is 0 Å². The molecule has 0 aromatic heterocycles. The first-order valence-electron chi connectivity index (χ1n) is 6.31. The Bertz CT molecular complexity index is 433. The number of carbonyl (C=O) groups excluding carboxylic acids is 1. The molecule has 19 heavy (non-hydrogen) atoms. The van der Waals surface area contributed by atoms with Crippen LogP contribution in [0.2, 0.25) is 0 Å². The van der Waals surface area contributed by atoms with Crippen LogP contribution in [0.4, 0.5) is 0 Å². The molecule has 104 valence electrons. The molecular formula is C14H19NO4. The molecule has 1 N–H and O–H groups in total. The minimum absolute atomic E-state index is 0.390. The van der Waals surface area contributed by atoms with Crippen LogP contribution in [-0.2, 0) is 9.59 Å². The monoisotopic (exact) mass is 265 g/mol. The molecular weight excluding hydrogens is 246 g/mol. The number of nitrogens with zero attached hydrogens (tertiary/aromatic N) is 1. The van der Waals surface area contributed by atoms with E-state index in [4.69, 9.17) is 4.74 Å². The van der Waals surface area contributed by atoms with Crippen molar-refractivity contribution in [3.63, 3.8) is 0 Å². The third-order valence-corrected chi connectivity index (χ3v) is 2.70. The average molecular weight is 265 g/mol. The van der Waals surface area contributed by atoms with Crippen molar-refractivity contribution in [1.82, 2.24) is 4.90 Å². The van der Waals surface area contributed by atoms with Crippen molar-refractivity contribution in [2.45, 2.75) is 26.3 Å². The third-order valence-electron chi connectivity index (χ3n) is 2.70. The fourth-order valence-corrected chi connectivity index (χ4v) is 1.95. The summed E-state index contributed by atoms with van der Waals surface area (Å²) in [6.45, 7) is 4.55. The van der Waals surface area contributed by atoms with E-state index in [1.807, 2.05) is 13.8 Å². The molecule has 0 bridgehead atoms. The lowest BCUT2D eigenvalue weighted by Crippen LogP contribution is -2.34. The van der Waals surface area contributed by atoms with Gasteiger partial charge in [-0.2, -0.15) is 0 Å². The Hall–Kier alpha value is -2.04. The zero-order valence-corrected chi connectivity index (χ0v) is 11.2. The molecule has 5 nitrogen and oxygen atoms in total. The van der Waals surface area contributed by atoms with Crippen LogP contribution in [-0.4, -0.2) is 35.5 Å². The maximum Gasteiger partial charge on any atom is 0.331 e. The third kappa shape index (κ3) is 3.71. The molecule has 1 atom stereocenters. The summed E-state index contributed by atoms with van der Waals surface area (Å²) in [5.41, 5.74) is 0.498. The van der Waals surface area contributed by atoms with Crippen molar-refractivity contribution in [1.29, 1.82) is 0 Å². The van der Waals surface area contributed by atoms with Crippen LogP contribution in [0, 0.1) is 0 Å². The van der Waals surface area contributed by atoms with Gasteiger partial charge in [-0.15, -0.1) is 0 Å². The molecule has 1 aromatic rings. The molecule has 1 amide bonds. The van der Waals surface area contributed by atoms with Gasteiger partial charge in [-0.1, -0.05) is 25.1 Å². The molecule has 0 saturated heterocycles. The number of aliphatic carboxylic acids is 1. The van der Waals surface area contributed by atoms with E-state index in [0.29, 0.717) is 37.3 Å². The Labute approximate surface area is 112 Å². The minimum atomic E-state index is -1.06. The molecule has 0 heterocycles. The Balaban J connectivity index is 3.18. The largest absolute Gasteiger partial charge is 0.493 e. The SMILES string of the molecule is CCCN(C=O)C(C(=O)O)c1ccccc1OCC. The number of carbonyl (C=O) groups is 2. The summed E-state index contributed by atoms with van der Waals surface area (Å²) in [6.07, 6.45) is 1.27. The number of hydrogen-bond donors (Lipinski definition) is 1. The zero-order valence-electron chi connectivity index (χ0n) is 11.2. The van der Waals surface area contributed by atoms with Crippen LogP contribution in [0.3, 0.4) is 0 Å². The highest BCUT2D eigenvalue weighted by atomic mass is 16.5. The topological polar surface area (TPSA) is 66.8 Å². The van der Waals surface area contributed by atoms with Gasteiger partial charge in [-0.25, -0.2) is 4.79 Å². The van der Waals surface area contributed by atoms with Gasteiger partial charge in [-0.05, 0) is 19.4 Å². The first kappa shape index (κ1) is 15.0. The number of ether oxygens (including phenoxy) is 1. The quantitative estimate of drug-likeness (QED) is 0.731. The maximum absolute atomic E-state index is 11.5. The van der Waals surface area contributed by atoms with Crippen molar-refractivity contribution < 1.29 is 19.4 Å². The first-order chi connectivity index (χ1) is 9.15. The Morgan fingerprint density at radius 3 is 2.63 bits per heavy atom. The summed E-state index contributed by atoms with van der Waals surface area (Å²) in [6, 6.07) is 5.89. The summed E-state index contributed by atoms with van der Waals surface area (Å²) in [7, 11) is 0. The molecule has 0 aliphatic carbocycles. The minimum Gasteiger partial charge on any atom is -0.493 e. The van der Waals surface area contributed by atoms with Crippen molar-refractivity contribution in [3.8, 4) is 5.75 Å². The summed E-state index contributed by atoms with van der Waals surface area (Å²) < 4.78 is 5.44. The van der Waals surface area contributed by atoms with Crippen molar-refractivity contribution >= 4 is 12.4 Å². The second-order valence-corrected chi connectivity index (χ2v) is 4.05. The Morgan fingerprint density at radius 1 is 1.42 bits per heavy atom. The number of carboxylic acids is 1. The highest BCUT2D eigenvalue weighted by Gasteiger charge is 2.28. The molecule has 5 heteroatoms. The summed E-state index contributed by atoms with van der Waals surface area (Å²) in [4.78, 5) is 23.9. The number of para-hydroxylation sites is 1. The maximum atomic E-state index is 11.5. The highest BCUT2D eigenvalue weighted by Crippen LogP contribution is 2.29. The fourth-order valence-electron chi connectivity index (χ4n) is 1.95. The smallest absolute Gasteiger partial charge is 0.331 e. The van der Waals surface area contributed by atoms with Crippen LogP contribution in [0.15, 0.2) is 24.3 Å². The normalized spacial score (nSPS) is 11.7. The van der Waals surface area contributed by atoms with Crippen molar-refractivity contribution in [2.24, 2.45) is 0 Å². The average Bonchev–Trinajstić information content (AvgIpc) is 2.40. The highest BCUT2D eigenvalue weighted by molar-refractivity contribution is 5.79. The van der Waals surface area contributed by atoms with Crippen LogP contribution in [0.25, 0.3) is 0 Å². The second kappa shape index (κ2) is 7.41. The predicted molar refractivity (Wildman–Crippen MR) is 71.0 cm³/mol. The molecule has 0 aliphatic rings. The molecule has 1 aromatic carbocycles. The molecule has 0 saturated carbocycles. The van der Waals surface area contributed by atoms with E-state index in [9.17, 15) is 14.7 Å². The van der Waals surface area contributed by atoms with Crippen LogP contribution in [0.1, 0.15) is 31.9 Å². The lowest BCUT2D eigenvalue weighted by molar-refractivity contribution is -0.146. The number of carboxylic acid groups (broad SMARTS) is 1. The van der Waals surface area contributed by atoms with Gasteiger partial charge in [0, 0.05) is 12.1 Å². The van der Waals surface area contributed by atoms with Gasteiger partial charge in [-0.3, -0.25) is 4.79 Å². The zero-order chi connectivity index (χ0) is 14.3. The number of hydrogen-bond acceptors (Lipinski definition) is 3. The van der Waals surface area contributed by atoms with Crippen molar-refractivity contribution in [3.05, 3.63) is 29.8 Å². The standard InChI is InChI=1S/C14H19NO4/c1-3-9-15(10-16)13(14(17)18)11-7-5-6-8-12(11)19-4-2/h5-8,10,13H,3-4,9H2,1-2H3,(H,17,18). The van der Waals surface area contributed by atoms with Crippen LogP contribution < -0.4 is 4.74 Å². The van der Waals surface area contributed by atoms with Gasteiger partial charge in [0.2, 0.25) is 6.41 Å². The van der Waals surface area contributed by atoms with Gasteiger partial charge in [0.25, 0.3) is 0 Å².